The van der Waals surface area contributed by atoms with Crippen LogP contribution < -0.4 is 15.8 Å². The zero-order chi connectivity index (χ0) is 13.0. The van der Waals surface area contributed by atoms with Gasteiger partial charge in [0.1, 0.15) is 4.90 Å². The molecule has 2 rings (SSSR count). The van der Waals surface area contributed by atoms with Gasteiger partial charge in [0.2, 0.25) is 10.0 Å². The van der Waals surface area contributed by atoms with Crippen LogP contribution in [-0.2, 0) is 10.0 Å². The summed E-state index contributed by atoms with van der Waals surface area (Å²) >= 11 is 0. The fraction of sp³-hybridized carbons (Fsp3) is 0.500. The molecule has 1 aliphatic heterocycles. The van der Waals surface area contributed by atoms with Gasteiger partial charge in [-0.1, -0.05) is 12.1 Å². The summed E-state index contributed by atoms with van der Waals surface area (Å²) in [6.45, 7) is 2.81. The van der Waals surface area contributed by atoms with Crippen molar-refractivity contribution in [3.63, 3.8) is 0 Å². The van der Waals surface area contributed by atoms with Crippen LogP contribution in [0.1, 0.15) is 12.8 Å². The van der Waals surface area contributed by atoms with E-state index in [0.717, 1.165) is 26.1 Å². The highest BCUT2D eigenvalue weighted by Gasteiger charge is 2.16. The molecule has 0 saturated carbocycles. The van der Waals surface area contributed by atoms with Crippen molar-refractivity contribution >= 4 is 15.7 Å². The molecule has 1 saturated heterocycles. The maximum atomic E-state index is 11.4. The number of anilines is 1. The SMILES string of the molecule is NS(=O)(=O)c1ccccc1NCC1CCCNC1. The second-order valence-electron chi connectivity index (χ2n) is 4.63. The average molecular weight is 269 g/mol. The third-order valence-electron chi connectivity index (χ3n) is 3.17. The summed E-state index contributed by atoms with van der Waals surface area (Å²) in [5.41, 5.74) is 0.588. The van der Waals surface area contributed by atoms with Gasteiger partial charge in [-0.05, 0) is 44.0 Å². The van der Waals surface area contributed by atoms with E-state index >= 15 is 0 Å². The highest BCUT2D eigenvalue weighted by molar-refractivity contribution is 7.89. The van der Waals surface area contributed by atoms with Crippen molar-refractivity contribution in [2.24, 2.45) is 11.1 Å². The van der Waals surface area contributed by atoms with E-state index in [4.69, 9.17) is 5.14 Å². The maximum Gasteiger partial charge on any atom is 0.240 e. The summed E-state index contributed by atoms with van der Waals surface area (Å²) in [5.74, 6) is 0.535. The third-order valence-corrected chi connectivity index (χ3v) is 4.14. The molecule has 1 unspecified atom stereocenters. The fourth-order valence-corrected chi connectivity index (χ4v) is 2.93. The molecule has 0 spiro atoms. The Balaban J connectivity index is 2.05. The minimum absolute atomic E-state index is 0.161. The molecular weight excluding hydrogens is 250 g/mol. The van der Waals surface area contributed by atoms with Crippen molar-refractivity contribution in [1.29, 1.82) is 0 Å². The summed E-state index contributed by atoms with van der Waals surface area (Å²) in [4.78, 5) is 0.161. The molecule has 5 nitrogen and oxygen atoms in total. The largest absolute Gasteiger partial charge is 0.384 e. The normalized spacial score (nSPS) is 20.6. The zero-order valence-electron chi connectivity index (χ0n) is 10.2. The molecular formula is C12H19N3O2S. The molecule has 0 bridgehead atoms. The van der Waals surface area contributed by atoms with Crippen LogP contribution in [0, 0.1) is 5.92 Å². The number of benzene rings is 1. The first kappa shape index (κ1) is 13.3. The van der Waals surface area contributed by atoms with Crippen molar-refractivity contribution in [2.75, 3.05) is 25.0 Å². The lowest BCUT2D eigenvalue weighted by Gasteiger charge is -2.23. The van der Waals surface area contributed by atoms with Crippen LogP contribution in [0.5, 0.6) is 0 Å². The average Bonchev–Trinajstić information content (AvgIpc) is 2.37. The molecule has 1 aliphatic rings. The standard InChI is InChI=1S/C12H19N3O2S/c13-18(16,17)12-6-2-1-5-11(12)15-9-10-4-3-7-14-8-10/h1-2,5-6,10,14-15H,3-4,7-9H2,(H2,13,16,17). The van der Waals surface area contributed by atoms with Gasteiger partial charge in [0.15, 0.2) is 0 Å². The van der Waals surface area contributed by atoms with Crippen molar-refractivity contribution in [3.05, 3.63) is 24.3 Å². The Labute approximate surface area is 108 Å². The third kappa shape index (κ3) is 3.44. The Morgan fingerprint density at radius 3 is 2.83 bits per heavy atom. The highest BCUT2D eigenvalue weighted by Crippen LogP contribution is 2.20. The van der Waals surface area contributed by atoms with Crippen LogP contribution in [0.2, 0.25) is 0 Å². The van der Waals surface area contributed by atoms with Gasteiger partial charge >= 0.3 is 0 Å². The maximum absolute atomic E-state index is 11.4. The molecule has 100 valence electrons. The van der Waals surface area contributed by atoms with Gasteiger partial charge in [-0.3, -0.25) is 0 Å². The number of sulfonamides is 1. The van der Waals surface area contributed by atoms with Crippen molar-refractivity contribution in [1.82, 2.24) is 5.32 Å². The lowest BCUT2D eigenvalue weighted by molar-refractivity contribution is 0.392. The molecule has 18 heavy (non-hydrogen) atoms. The summed E-state index contributed by atoms with van der Waals surface area (Å²) in [5, 5.41) is 11.7. The predicted molar refractivity (Wildman–Crippen MR) is 71.9 cm³/mol. The Morgan fingerprint density at radius 1 is 1.39 bits per heavy atom. The molecule has 0 radical (unpaired) electrons. The van der Waals surface area contributed by atoms with E-state index in [1.165, 1.54) is 12.5 Å². The molecule has 4 N–H and O–H groups in total. The number of nitrogens with one attached hydrogen (secondary N) is 2. The van der Waals surface area contributed by atoms with E-state index in [0.29, 0.717) is 11.6 Å². The first-order valence-corrected chi connectivity index (χ1v) is 7.68. The Bertz CT molecular complexity index is 496. The summed E-state index contributed by atoms with van der Waals surface area (Å²) in [7, 11) is -3.66. The number of hydrogen-bond donors (Lipinski definition) is 3. The van der Waals surface area contributed by atoms with Crippen molar-refractivity contribution in [2.45, 2.75) is 17.7 Å². The second-order valence-corrected chi connectivity index (χ2v) is 6.16. The lowest BCUT2D eigenvalue weighted by atomic mass is 10.00. The van der Waals surface area contributed by atoms with Gasteiger partial charge in [0.05, 0.1) is 5.69 Å². The van der Waals surface area contributed by atoms with Gasteiger partial charge in [-0.25, -0.2) is 13.6 Å². The molecule has 6 heteroatoms. The Hall–Kier alpha value is -1.11. The van der Waals surface area contributed by atoms with Crippen LogP contribution in [0.25, 0.3) is 0 Å². The van der Waals surface area contributed by atoms with Gasteiger partial charge in [-0.15, -0.1) is 0 Å². The van der Waals surface area contributed by atoms with Crippen LogP contribution in [-0.4, -0.2) is 28.1 Å². The zero-order valence-corrected chi connectivity index (χ0v) is 11.0. The minimum atomic E-state index is -3.66. The second kappa shape index (κ2) is 5.69. The Morgan fingerprint density at radius 2 is 2.17 bits per heavy atom. The van der Waals surface area contributed by atoms with Gasteiger partial charge < -0.3 is 10.6 Å². The molecule has 1 atom stereocenters. The van der Waals surface area contributed by atoms with Gasteiger partial charge in [0, 0.05) is 6.54 Å². The number of primary sulfonamides is 1. The van der Waals surface area contributed by atoms with Crippen molar-refractivity contribution in [3.8, 4) is 0 Å². The molecule has 1 aromatic rings. The number of nitrogens with two attached hydrogens (primary N) is 1. The van der Waals surface area contributed by atoms with E-state index < -0.39 is 10.0 Å². The number of hydrogen-bond acceptors (Lipinski definition) is 4. The smallest absolute Gasteiger partial charge is 0.240 e. The lowest BCUT2D eigenvalue weighted by Crippen LogP contribution is -2.33. The van der Waals surface area contributed by atoms with E-state index in [1.54, 1.807) is 18.2 Å². The number of piperidine rings is 1. The van der Waals surface area contributed by atoms with Crippen LogP contribution in [0.4, 0.5) is 5.69 Å². The minimum Gasteiger partial charge on any atom is -0.384 e. The molecule has 0 aliphatic carbocycles. The molecule has 1 fully saturated rings. The van der Waals surface area contributed by atoms with E-state index in [9.17, 15) is 8.42 Å². The fourth-order valence-electron chi connectivity index (χ4n) is 2.21. The first-order valence-electron chi connectivity index (χ1n) is 6.14. The summed E-state index contributed by atoms with van der Waals surface area (Å²) in [6, 6.07) is 6.75. The number of para-hydroxylation sites is 1. The van der Waals surface area contributed by atoms with Crippen LogP contribution in [0.15, 0.2) is 29.2 Å². The highest BCUT2D eigenvalue weighted by atomic mass is 32.2. The number of rotatable bonds is 4. The topological polar surface area (TPSA) is 84.2 Å². The van der Waals surface area contributed by atoms with Crippen molar-refractivity contribution < 1.29 is 8.42 Å². The summed E-state index contributed by atoms with van der Waals surface area (Å²) in [6.07, 6.45) is 2.33. The monoisotopic (exact) mass is 269 g/mol. The molecule has 0 amide bonds. The van der Waals surface area contributed by atoms with Crippen LogP contribution >= 0.6 is 0 Å². The molecule has 1 aromatic carbocycles. The van der Waals surface area contributed by atoms with E-state index in [-0.39, 0.29) is 4.90 Å². The van der Waals surface area contributed by atoms with Gasteiger partial charge in [0.25, 0.3) is 0 Å². The molecule has 1 heterocycles. The predicted octanol–water partition coefficient (Wildman–Crippen LogP) is 0.745. The Kier molecular flexibility index (Phi) is 4.21. The van der Waals surface area contributed by atoms with E-state index in [1.807, 2.05) is 0 Å². The van der Waals surface area contributed by atoms with E-state index in [2.05, 4.69) is 10.6 Å². The first-order chi connectivity index (χ1) is 8.57. The molecule has 0 aromatic heterocycles. The summed E-state index contributed by atoms with van der Waals surface area (Å²) < 4.78 is 22.9. The van der Waals surface area contributed by atoms with Crippen LogP contribution in [0.3, 0.4) is 0 Å². The quantitative estimate of drug-likeness (QED) is 0.753. The van der Waals surface area contributed by atoms with Gasteiger partial charge in [-0.2, -0.15) is 0 Å².